The van der Waals surface area contributed by atoms with Crippen LogP contribution in [0.5, 0.6) is 0 Å². The van der Waals surface area contributed by atoms with Gasteiger partial charge in [0.1, 0.15) is 5.01 Å². The van der Waals surface area contributed by atoms with Crippen LogP contribution in [0.25, 0.3) is 0 Å². The van der Waals surface area contributed by atoms with Crippen molar-refractivity contribution in [2.75, 3.05) is 19.8 Å². The van der Waals surface area contributed by atoms with Gasteiger partial charge in [-0.15, -0.1) is 11.3 Å². The van der Waals surface area contributed by atoms with Crippen LogP contribution in [0.2, 0.25) is 0 Å². The highest BCUT2D eigenvalue weighted by Crippen LogP contribution is 2.08. The summed E-state index contributed by atoms with van der Waals surface area (Å²) >= 11 is 1.53. The number of aryl methyl sites for hydroxylation is 1. The second kappa shape index (κ2) is 9.05. The number of carbonyl (C=O) groups excluding carboxylic acids is 1. The first-order valence-corrected chi connectivity index (χ1v) is 7.35. The molecule has 0 spiro atoms. The van der Waals surface area contributed by atoms with Crippen molar-refractivity contribution >= 4 is 17.2 Å². The van der Waals surface area contributed by atoms with E-state index in [1.807, 2.05) is 12.3 Å². The van der Waals surface area contributed by atoms with Crippen LogP contribution in [0.1, 0.15) is 36.9 Å². The molecule has 5 heteroatoms. The van der Waals surface area contributed by atoms with Gasteiger partial charge in [-0.1, -0.05) is 13.3 Å². The molecular formula is C13H22N2O2S. The van der Waals surface area contributed by atoms with E-state index in [1.165, 1.54) is 11.3 Å². The van der Waals surface area contributed by atoms with Crippen LogP contribution in [-0.4, -0.2) is 30.6 Å². The average molecular weight is 270 g/mol. The lowest BCUT2D eigenvalue weighted by Crippen LogP contribution is -2.26. The number of nitrogens with zero attached hydrogens (tertiary/aromatic N) is 1. The van der Waals surface area contributed by atoms with Crippen molar-refractivity contribution < 1.29 is 9.53 Å². The van der Waals surface area contributed by atoms with Crippen LogP contribution in [-0.2, 0) is 16.0 Å². The van der Waals surface area contributed by atoms with Gasteiger partial charge >= 0.3 is 0 Å². The third kappa shape index (κ3) is 6.71. The van der Waals surface area contributed by atoms with Crippen molar-refractivity contribution in [3.63, 3.8) is 0 Å². The number of unbranched alkanes of at least 4 members (excludes halogenated alkanes) is 1. The Balaban J connectivity index is 2.00. The summed E-state index contributed by atoms with van der Waals surface area (Å²) < 4.78 is 5.42. The van der Waals surface area contributed by atoms with Crippen LogP contribution < -0.4 is 5.32 Å². The number of ether oxygens (including phenoxy) is 1. The minimum atomic E-state index is 0.0397. The molecular weight excluding hydrogens is 248 g/mol. The zero-order valence-electron chi connectivity index (χ0n) is 11.2. The van der Waals surface area contributed by atoms with Gasteiger partial charge in [0.05, 0.1) is 6.42 Å². The van der Waals surface area contributed by atoms with Gasteiger partial charge in [0.15, 0.2) is 0 Å². The van der Waals surface area contributed by atoms with E-state index in [2.05, 4.69) is 17.2 Å². The number of amides is 1. The molecule has 4 nitrogen and oxygen atoms in total. The van der Waals surface area contributed by atoms with Crippen LogP contribution in [0.4, 0.5) is 0 Å². The van der Waals surface area contributed by atoms with Gasteiger partial charge in [-0.3, -0.25) is 4.79 Å². The summed E-state index contributed by atoms with van der Waals surface area (Å²) in [5, 5.41) is 5.72. The molecule has 0 atom stereocenters. The number of nitrogens with one attached hydrogen (secondary N) is 1. The highest BCUT2D eigenvalue weighted by molar-refractivity contribution is 7.09. The third-order valence-corrected chi connectivity index (χ3v) is 3.37. The van der Waals surface area contributed by atoms with Gasteiger partial charge in [0.2, 0.25) is 5.91 Å². The fourth-order valence-corrected chi connectivity index (χ4v) is 2.20. The zero-order chi connectivity index (χ0) is 13.2. The highest BCUT2D eigenvalue weighted by atomic mass is 32.1. The van der Waals surface area contributed by atoms with Crippen molar-refractivity contribution in [1.82, 2.24) is 10.3 Å². The molecule has 1 rings (SSSR count). The SMILES string of the molecule is CCCCOCCCNC(=O)Cc1nc(C)cs1. The summed E-state index contributed by atoms with van der Waals surface area (Å²) in [6.45, 7) is 6.30. The zero-order valence-corrected chi connectivity index (χ0v) is 12.0. The maximum Gasteiger partial charge on any atom is 0.226 e. The van der Waals surface area contributed by atoms with E-state index >= 15 is 0 Å². The third-order valence-electron chi connectivity index (χ3n) is 2.41. The summed E-state index contributed by atoms with van der Waals surface area (Å²) in [4.78, 5) is 15.8. The Morgan fingerprint density at radius 3 is 2.89 bits per heavy atom. The average Bonchev–Trinajstić information content (AvgIpc) is 2.73. The van der Waals surface area contributed by atoms with E-state index in [4.69, 9.17) is 4.74 Å². The largest absolute Gasteiger partial charge is 0.381 e. The molecule has 1 amide bonds. The van der Waals surface area contributed by atoms with E-state index in [-0.39, 0.29) is 5.91 Å². The Bertz CT molecular complexity index is 353. The van der Waals surface area contributed by atoms with Gasteiger partial charge < -0.3 is 10.1 Å². The standard InChI is InChI=1S/C13H22N2O2S/c1-3-4-7-17-8-5-6-14-12(16)9-13-15-11(2)10-18-13/h10H,3-9H2,1-2H3,(H,14,16). The Morgan fingerprint density at radius 2 is 2.22 bits per heavy atom. The molecule has 0 fully saturated rings. The summed E-state index contributed by atoms with van der Waals surface area (Å²) in [5.41, 5.74) is 0.979. The molecule has 102 valence electrons. The fourth-order valence-electron chi connectivity index (χ4n) is 1.43. The molecule has 0 radical (unpaired) electrons. The number of hydrogen-bond acceptors (Lipinski definition) is 4. The summed E-state index contributed by atoms with van der Waals surface area (Å²) in [5.74, 6) is 0.0397. The van der Waals surface area contributed by atoms with E-state index in [0.29, 0.717) is 13.0 Å². The molecule has 0 aliphatic carbocycles. The van der Waals surface area contributed by atoms with Crippen LogP contribution in [0.15, 0.2) is 5.38 Å². The molecule has 0 aliphatic heterocycles. The van der Waals surface area contributed by atoms with Crippen LogP contribution in [0, 0.1) is 6.92 Å². The predicted octanol–water partition coefficient (Wildman–Crippen LogP) is 2.32. The van der Waals surface area contributed by atoms with Crippen molar-refractivity contribution in [3.8, 4) is 0 Å². The maximum absolute atomic E-state index is 11.6. The maximum atomic E-state index is 11.6. The van der Waals surface area contributed by atoms with Crippen LogP contribution in [0.3, 0.4) is 0 Å². The summed E-state index contributed by atoms with van der Waals surface area (Å²) in [6.07, 6.45) is 3.52. The molecule has 1 aromatic heterocycles. The molecule has 1 heterocycles. The number of carbonyl (C=O) groups is 1. The van der Waals surface area contributed by atoms with Gasteiger partial charge in [-0.2, -0.15) is 0 Å². The Labute approximate surface area is 113 Å². The Kier molecular flexibility index (Phi) is 7.60. The number of rotatable bonds is 9. The fraction of sp³-hybridized carbons (Fsp3) is 0.692. The number of thiazole rings is 1. The molecule has 1 N–H and O–H groups in total. The van der Waals surface area contributed by atoms with E-state index in [1.54, 1.807) is 0 Å². The molecule has 0 bridgehead atoms. The predicted molar refractivity (Wildman–Crippen MR) is 73.9 cm³/mol. The lowest BCUT2D eigenvalue weighted by atomic mass is 10.3. The van der Waals surface area contributed by atoms with Crippen molar-refractivity contribution in [3.05, 3.63) is 16.1 Å². The number of hydrogen-bond donors (Lipinski definition) is 1. The second-order valence-electron chi connectivity index (χ2n) is 4.23. The second-order valence-corrected chi connectivity index (χ2v) is 5.17. The van der Waals surface area contributed by atoms with Gasteiger partial charge in [0, 0.05) is 30.8 Å². The van der Waals surface area contributed by atoms with Crippen molar-refractivity contribution in [1.29, 1.82) is 0 Å². The lowest BCUT2D eigenvalue weighted by Gasteiger charge is -2.05. The summed E-state index contributed by atoms with van der Waals surface area (Å²) in [6, 6.07) is 0. The molecule has 0 aliphatic rings. The van der Waals surface area contributed by atoms with E-state index in [9.17, 15) is 4.79 Å². The van der Waals surface area contributed by atoms with Gasteiger partial charge in [-0.05, 0) is 19.8 Å². The molecule has 0 unspecified atom stereocenters. The normalized spacial score (nSPS) is 10.6. The molecule has 0 saturated heterocycles. The quantitative estimate of drug-likeness (QED) is 0.701. The molecule has 18 heavy (non-hydrogen) atoms. The topological polar surface area (TPSA) is 51.2 Å². The van der Waals surface area contributed by atoms with Crippen LogP contribution >= 0.6 is 11.3 Å². The molecule has 1 aromatic rings. The van der Waals surface area contributed by atoms with Crippen molar-refractivity contribution in [2.24, 2.45) is 0 Å². The van der Waals surface area contributed by atoms with E-state index in [0.717, 1.165) is 43.2 Å². The first kappa shape index (κ1) is 15.1. The monoisotopic (exact) mass is 270 g/mol. The first-order valence-electron chi connectivity index (χ1n) is 6.47. The lowest BCUT2D eigenvalue weighted by molar-refractivity contribution is -0.120. The highest BCUT2D eigenvalue weighted by Gasteiger charge is 2.05. The van der Waals surface area contributed by atoms with Gasteiger partial charge in [-0.25, -0.2) is 4.98 Å². The molecule has 0 aromatic carbocycles. The number of aromatic nitrogens is 1. The van der Waals surface area contributed by atoms with E-state index < -0.39 is 0 Å². The van der Waals surface area contributed by atoms with Gasteiger partial charge in [0.25, 0.3) is 0 Å². The minimum absolute atomic E-state index is 0.0397. The summed E-state index contributed by atoms with van der Waals surface area (Å²) in [7, 11) is 0. The Morgan fingerprint density at radius 1 is 1.44 bits per heavy atom. The first-order chi connectivity index (χ1) is 8.72. The minimum Gasteiger partial charge on any atom is -0.381 e. The Hall–Kier alpha value is -0.940. The smallest absolute Gasteiger partial charge is 0.226 e. The molecule has 0 saturated carbocycles. The van der Waals surface area contributed by atoms with Crippen molar-refractivity contribution in [2.45, 2.75) is 39.5 Å².